The smallest absolute Gasteiger partial charge is 0.255 e. The lowest BCUT2D eigenvalue weighted by atomic mass is 9.75. The molecule has 0 saturated carbocycles. The van der Waals surface area contributed by atoms with Gasteiger partial charge in [-0.25, -0.2) is 8.78 Å². The minimum absolute atomic E-state index is 0.237. The number of carbonyl (C=O) groups excluding carboxylic acids is 2. The zero-order chi connectivity index (χ0) is 23.5. The van der Waals surface area contributed by atoms with Crippen molar-refractivity contribution in [2.45, 2.75) is 45.5 Å². The Bertz CT molecular complexity index is 1010. The number of nitrogens with zero attached hydrogens (tertiary/aromatic N) is 2. The number of fused-ring (bicyclic) bond motifs is 3. The molecule has 1 aliphatic carbocycles. The zero-order valence-corrected chi connectivity index (χ0v) is 19.4. The molecule has 1 fully saturated rings. The summed E-state index contributed by atoms with van der Waals surface area (Å²) >= 11 is 0. The number of nitrogens with one attached hydrogen (secondary N) is 1. The Morgan fingerprint density at radius 2 is 1.97 bits per heavy atom. The molecular formula is C25H33F2N3O3. The molecule has 6 nitrogen and oxygen atoms in total. The van der Waals surface area contributed by atoms with Crippen LogP contribution in [0.5, 0.6) is 0 Å². The lowest BCUT2D eigenvalue weighted by molar-refractivity contribution is -0.122. The maximum absolute atomic E-state index is 13.2. The largest absolute Gasteiger partial charge is 0.381 e. The molecule has 0 bridgehead atoms. The summed E-state index contributed by atoms with van der Waals surface area (Å²) in [6, 6.07) is 5.73. The van der Waals surface area contributed by atoms with Crippen LogP contribution in [0.15, 0.2) is 18.2 Å². The van der Waals surface area contributed by atoms with Gasteiger partial charge in [0.2, 0.25) is 5.91 Å². The minimum Gasteiger partial charge on any atom is -0.381 e. The van der Waals surface area contributed by atoms with Crippen molar-refractivity contribution in [2.24, 2.45) is 18.9 Å². The lowest BCUT2D eigenvalue weighted by Gasteiger charge is -2.33. The fraction of sp³-hybridized carbons (Fsp3) is 0.600. The normalized spacial score (nSPS) is 19.0. The SMILES string of the molecule is CCN(CC(=O)NCC(F)F)C(=O)c1ccc2c(c1)c1c(n2C)CCC(C2CCOCC2)C1. The van der Waals surface area contributed by atoms with E-state index in [-0.39, 0.29) is 12.5 Å². The number of hydrogen-bond acceptors (Lipinski definition) is 3. The van der Waals surface area contributed by atoms with E-state index in [0.29, 0.717) is 23.9 Å². The molecule has 0 radical (unpaired) electrons. The average molecular weight is 462 g/mol. The summed E-state index contributed by atoms with van der Waals surface area (Å²) in [6.45, 7) is 2.84. The third-order valence-corrected chi connectivity index (χ3v) is 7.29. The van der Waals surface area contributed by atoms with E-state index in [0.717, 1.165) is 49.8 Å². The summed E-state index contributed by atoms with van der Waals surface area (Å²) in [6.07, 6.45) is 2.86. The fourth-order valence-corrected chi connectivity index (χ4v) is 5.46. The number of hydrogen-bond donors (Lipinski definition) is 1. The predicted molar refractivity (Wildman–Crippen MR) is 123 cm³/mol. The van der Waals surface area contributed by atoms with Crippen LogP contribution in [0.1, 0.15) is 47.8 Å². The Morgan fingerprint density at radius 1 is 1.21 bits per heavy atom. The maximum atomic E-state index is 13.2. The van der Waals surface area contributed by atoms with Gasteiger partial charge in [0.05, 0.1) is 13.1 Å². The van der Waals surface area contributed by atoms with Crippen LogP contribution in [-0.2, 0) is 29.4 Å². The molecule has 4 rings (SSSR count). The predicted octanol–water partition coefficient (Wildman–Crippen LogP) is 3.55. The molecule has 1 N–H and O–H groups in total. The maximum Gasteiger partial charge on any atom is 0.255 e. The first-order chi connectivity index (χ1) is 15.9. The van der Waals surface area contributed by atoms with Gasteiger partial charge < -0.3 is 19.5 Å². The van der Waals surface area contributed by atoms with Gasteiger partial charge in [-0.1, -0.05) is 0 Å². The molecule has 2 aliphatic rings. The topological polar surface area (TPSA) is 63.6 Å². The van der Waals surface area contributed by atoms with Crippen molar-refractivity contribution in [1.82, 2.24) is 14.8 Å². The Labute approximate surface area is 193 Å². The number of benzene rings is 1. The minimum atomic E-state index is -2.61. The molecule has 0 spiro atoms. The number of amides is 2. The number of aromatic nitrogens is 1. The number of aryl methyl sites for hydroxylation is 1. The number of halogens is 2. The van der Waals surface area contributed by atoms with Gasteiger partial charge in [-0.15, -0.1) is 0 Å². The molecule has 1 unspecified atom stereocenters. The van der Waals surface area contributed by atoms with Crippen LogP contribution in [0.3, 0.4) is 0 Å². The van der Waals surface area contributed by atoms with E-state index in [1.165, 1.54) is 22.6 Å². The second kappa shape index (κ2) is 10.2. The number of ether oxygens (including phenoxy) is 1. The van der Waals surface area contributed by atoms with Crippen molar-refractivity contribution in [3.63, 3.8) is 0 Å². The van der Waals surface area contributed by atoms with Gasteiger partial charge in [0.25, 0.3) is 12.3 Å². The van der Waals surface area contributed by atoms with Crippen LogP contribution in [0.2, 0.25) is 0 Å². The number of alkyl halides is 2. The van der Waals surface area contributed by atoms with Gasteiger partial charge in [0.15, 0.2) is 0 Å². The number of rotatable bonds is 7. The molecule has 33 heavy (non-hydrogen) atoms. The van der Waals surface area contributed by atoms with Crippen LogP contribution >= 0.6 is 0 Å². The summed E-state index contributed by atoms with van der Waals surface area (Å²) in [5.41, 5.74) is 4.31. The summed E-state index contributed by atoms with van der Waals surface area (Å²) in [5, 5.41) is 3.27. The Hall–Kier alpha value is -2.48. The van der Waals surface area contributed by atoms with Gasteiger partial charge in [-0.05, 0) is 74.6 Å². The Kier molecular flexibility index (Phi) is 7.32. The molecule has 2 aromatic rings. The van der Waals surface area contributed by atoms with Crippen molar-refractivity contribution >= 4 is 22.7 Å². The molecule has 1 aliphatic heterocycles. The third kappa shape index (κ3) is 5.05. The van der Waals surface area contributed by atoms with Gasteiger partial charge in [-0.2, -0.15) is 0 Å². The second-order valence-corrected chi connectivity index (χ2v) is 9.18. The summed E-state index contributed by atoms with van der Waals surface area (Å²) in [5.74, 6) is 0.482. The Morgan fingerprint density at radius 3 is 2.67 bits per heavy atom. The average Bonchev–Trinajstić information content (AvgIpc) is 3.12. The highest BCUT2D eigenvalue weighted by Crippen LogP contribution is 2.39. The van der Waals surface area contributed by atoms with E-state index in [1.54, 1.807) is 13.0 Å². The molecule has 1 aromatic heterocycles. The molecule has 180 valence electrons. The van der Waals surface area contributed by atoms with E-state index in [4.69, 9.17) is 4.74 Å². The van der Waals surface area contributed by atoms with Gasteiger partial charge in [-0.3, -0.25) is 9.59 Å². The standard InChI is InChI=1S/C25H33F2N3O3/c1-3-30(15-24(31)28-14-23(26)27)25(32)18-5-7-22-20(13-18)19-12-17(4-6-21(19)29(22)2)16-8-10-33-11-9-16/h5,7,13,16-17,23H,3-4,6,8-12,14-15H2,1-2H3,(H,28,31). The monoisotopic (exact) mass is 461 g/mol. The summed E-state index contributed by atoms with van der Waals surface area (Å²) < 4.78 is 32.5. The van der Waals surface area contributed by atoms with Gasteiger partial charge in [0.1, 0.15) is 0 Å². The van der Waals surface area contributed by atoms with Crippen molar-refractivity contribution in [1.29, 1.82) is 0 Å². The lowest BCUT2D eigenvalue weighted by Crippen LogP contribution is -2.41. The zero-order valence-electron chi connectivity index (χ0n) is 19.4. The van der Waals surface area contributed by atoms with E-state index >= 15 is 0 Å². The number of carbonyl (C=O) groups is 2. The van der Waals surface area contributed by atoms with Crippen molar-refractivity contribution in [2.75, 3.05) is 32.8 Å². The first-order valence-electron chi connectivity index (χ1n) is 11.9. The first-order valence-corrected chi connectivity index (χ1v) is 11.9. The highest BCUT2D eigenvalue weighted by atomic mass is 19.3. The van der Waals surface area contributed by atoms with Crippen LogP contribution in [0, 0.1) is 11.8 Å². The van der Waals surface area contributed by atoms with Crippen LogP contribution in [0.25, 0.3) is 10.9 Å². The van der Waals surface area contributed by atoms with E-state index in [1.807, 2.05) is 12.1 Å². The highest BCUT2D eigenvalue weighted by molar-refractivity contribution is 6.00. The Balaban J connectivity index is 1.56. The van der Waals surface area contributed by atoms with Crippen LogP contribution in [0.4, 0.5) is 8.78 Å². The summed E-state index contributed by atoms with van der Waals surface area (Å²) in [4.78, 5) is 26.5. The molecule has 2 heterocycles. The summed E-state index contributed by atoms with van der Waals surface area (Å²) in [7, 11) is 2.09. The van der Waals surface area contributed by atoms with E-state index in [2.05, 4.69) is 16.9 Å². The van der Waals surface area contributed by atoms with Crippen molar-refractivity contribution in [3.8, 4) is 0 Å². The fourth-order valence-electron chi connectivity index (χ4n) is 5.46. The van der Waals surface area contributed by atoms with Gasteiger partial charge >= 0.3 is 0 Å². The second-order valence-electron chi connectivity index (χ2n) is 9.18. The third-order valence-electron chi connectivity index (χ3n) is 7.29. The molecular weight excluding hydrogens is 428 g/mol. The van der Waals surface area contributed by atoms with Crippen LogP contribution in [-0.4, -0.2) is 60.6 Å². The molecule has 1 atom stereocenters. The van der Waals surface area contributed by atoms with E-state index < -0.39 is 18.9 Å². The quantitative estimate of drug-likeness (QED) is 0.686. The van der Waals surface area contributed by atoms with Crippen molar-refractivity contribution in [3.05, 3.63) is 35.0 Å². The molecule has 1 saturated heterocycles. The van der Waals surface area contributed by atoms with Gasteiger partial charge in [0, 0.05) is 49.0 Å². The molecule has 8 heteroatoms. The van der Waals surface area contributed by atoms with Crippen LogP contribution < -0.4 is 5.32 Å². The molecule has 2 amide bonds. The van der Waals surface area contributed by atoms with E-state index in [9.17, 15) is 18.4 Å². The highest BCUT2D eigenvalue weighted by Gasteiger charge is 2.31. The first kappa shape index (κ1) is 23.7. The molecule has 1 aromatic carbocycles. The number of likely N-dealkylation sites (N-methyl/N-ethyl adjacent to an activating group) is 1. The van der Waals surface area contributed by atoms with Crippen molar-refractivity contribution < 1.29 is 23.1 Å².